The van der Waals surface area contributed by atoms with Gasteiger partial charge in [-0.25, -0.2) is 0 Å². The summed E-state index contributed by atoms with van der Waals surface area (Å²) >= 11 is 0. The van der Waals surface area contributed by atoms with Crippen molar-refractivity contribution in [3.8, 4) is 0 Å². The molecule has 0 amide bonds. The summed E-state index contributed by atoms with van der Waals surface area (Å²) in [5, 5.41) is 0. The van der Waals surface area contributed by atoms with Gasteiger partial charge in [0.05, 0.1) is 0 Å². The highest BCUT2D eigenvalue weighted by atomic mass is 14.2. The van der Waals surface area contributed by atoms with Crippen molar-refractivity contribution in [2.75, 3.05) is 0 Å². The number of hydrogen-bond donors (Lipinski definition) is 0. The van der Waals surface area contributed by atoms with Crippen LogP contribution in [0.15, 0.2) is 84.9 Å². The normalized spacial score (nSPS) is 13.2. The molecule has 0 radical (unpaired) electrons. The Morgan fingerprint density at radius 3 is 1.07 bits per heavy atom. The lowest BCUT2D eigenvalue weighted by Crippen LogP contribution is -2.58. The summed E-state index contributed by atoms with van der Waals surface area (Å²) < 4.78 is 0. The number of rotatable bonds is 2. The Morgan fingerprint density at radius 1 is 0.357 bits per heavy atom. The fourth-order valence-corrected chi connectivity index (χ4v) is 7.92. The van der Waals surface area contributed by atoms with E-state index >= 15 is 0 Å². The molecule has 5 aromatic carbocycles. The predicted molar refractivity (Wildman–Crippen MR) is 188 cm³/mol. The summed E-state index contributed by atoms with van der Waals surface area (Å²) in [6.07, 6.45) is 9.38. The van der Waals surface area contributed by atoms with Crippen molar-refractivity contribution in [1.29, 1.82) is 0 Å². The van der Waals surface area contributed by atoms with E-state index in [1.807, 2.05) is 0 Å². The summed E-state index contributed by atoms with van der Waals surface area (Å²) in [6.45, 7) is 13.9. The molecule has 202 valence electrons. The minimum atomic E-state index is 0.164. The van der Waals surface area contributed by atoms with Gasteiger partial charge in [0.15, 0.2) is 0 Å². The molecule has 0 saturated carbocycles. The van der Waals surface area contributed by atoms with Gasteiger partial charge in [-0.2, -0.15) is 0 Å². The highest BCUT2D eigenvalue weighted by Crippen LogP contribution is 2.20. The molecule has 0 bridgehead atoms. The molecule has 0 unspecified atom stereocenters. The van der Waals surface area contributed by atoms with Crippen molar-refractivity contribution in [3.63, 3.8) is 0 Å². The molecule has 2 aliphatic heterocycles. The van der Waals surface area contributed by atoms with Crippen molar-refractivity contribution in [3.05, 3.63) is 141 Å². The maximum atomic E-state index is 2.51. The van der Waals surface area contributed by atoms with E-state index in [0.29, 0.717) is 0 Å². The molecular weight excluding hydrogens is 502 g/mol. The number of aryl methyl sites for hydroxylation is 6. The first-order valence-corrected chi connectivity index (χ1v) is 15.2. The van der Waals surface area contributed by atoms with Crippen molar-refractivity contribution >= 4 is 70.5 Å². The highest BCUT2D eigenvalue weighted by molar-refractivity contribution is 6.98. The number of benzene rings is 5. The smallest absolute Gasteiger partial charge is 0.0664 e. The molecule has 7 rings (SSSR count). The zero-order chi connectivity index (χ0) is 29.1. The van der Waals surface area contributed by atoms with Gasteiger partial charge >= 0.3 is 0 Å². The predicted octanol–water partition coefficient (Wildman–Crippen LogP) is 5.54. The molecule has 0 nitrogen and oxygen atoms in total. The molecule has 0 N–H and O–H groups in total. The summed E-state index contributed by atoms with van der Waals surface area (Å²) in [5.74, 6) is 0. The zero-order valence-electron chi connectivity index (χ0n) is 25.5. The van der Waals surface area contributed by atoms with Crippen LogP contribution in [0.3, 0.4) is 0 Å². The Balaban J connectivity index is 1.54. The minimum Gasteiger partial charge on any atom is -0.0664 e. The molecule has 0 aliphatic carbocycles. The van der Waals surface area contributed by atoms with Crippen LogP contribution in [-0.4, -0.2) is 13.4 Å². The van der Waals surface area contributed by atoms with Crippen LogP contribution >= 0.6 is 0 Å². The first kappa shape index (κ1) is 26.6. The van der Waals surface area contributed by atoms with E-state index in [2.05, 4.69) is 151 Å². The molecule has 0 fully saturated rings. The van der Waals surface area contributed by atoms with Crippen LogP contribution in [0.4, 0.5) is 0 Å². The van der Waals surface area contributed by atoms with Gasteiger partial charge in [-0.3, -0.25) is 0 Å². The Hall–Kier alpha value is -4.29. The van der Waals surface area contributed by atoms with Crippen LogP contribution < -0.4 is 32.8 Å². The Bertz CT molecular complexity index is 1770. The molecule has 2 aliphatic rings. The lowest BCUT2D eigenvalue weighted by molar-refractivity contribution is 1.35. The fraction of sp³-hybridized carbons (Fsp3) is 0.150. The van der Waals surface area contributed by atoms with Gasteiger partial charge in [0, 0.05) is 0 Å². The largest absolute Gasteiger partial charge is 0.243 e. The van der Waals surface area contributed by atoms with Crippen LogP contribution in [-0.2, 0) is 0 Å². The van der Waals surface area contributed by atoms with Crippen LogP contribution in [0.25, 0.3) is 24.3 Å². The summed E-state index contributed by atoms with van der Waals surface area (Å²) in [4.78, 5) is 0. The van der Waals surface area contributed by atoms with Crippen LogP contribution in [0, 0.1) is 41.5 Å². The van der Waals surface area contributed by atoms with E-state index in [9.17, 15) is 0 Å². The van der Waals surface area contributed by atoms with Gasteiger partial charge in [-0.15, -0.1) is 0 Å². The lowest BCUT2D eigenvalue weighted by atomic mass is 9.32. The first-order chi connectivity index (χ1) is 20.3. The van der Waals surface area contributed by atoms with Crippen molar-refractivity contribution in [2.24, 2.45) is 0 Å². The topological polar surface area (TPSA) is 0 Å². The average Bonchev–Trinajstić information content (AvgIpc) is 3.20. The van der Waals surface area contributed by atoms with E-state index in [4.69, 9.17) is 0 Å². The molecule has 2 heteroatoms. The van der Waals surface area contributed by atoms with Crippen LogP contribution in [0.5, 0.6) is 0 Å². The maximum Gasteiger partial charge on any atom is 0.243 e. The second-order valence-electron chi connectivity index (χ2n) is 12.5. The molecule has 0 atom stereocenters. The third kappa shape index (κ3) is 4.33. The lowest BCUT2D eigenvalue weighted by Gasteiger charge is -2.26. The van der Waals surface area contributed by atoms with Crippen LogP contribution in [0.1, 0.15) is 55.6 Å². The van der Waals surface area contributed by atoms with Crippen LogP contribution in [0.2, 0.25) is 0 Å². The molecular formula is C40H36B2. The third-order valence-electron chi connectivity index (χ3n) is 9.46. The first-order valence-electron chi connectivity index (χ1n) is 15.2. The molecule has 0 spiro atoms. The number of hydrogen-bond acceptors (Lipinski definition) is 0. The minimum absolute atomic E-state index is 0.164. The molecule has 42 heavy (non-hydrogen) atoms. The van der Waals surface area contributed by atoms with Gasteiger partial charge in [0.2, 0.25) is 13.4 Å². The second kappa shape index (κ2) is 10.2. The van der Waals surface area contributed by atoms with Crippen molar-refractivity contribution < 1.29 is 0 Å². The van der Waals surface area contributed by atoms with E-state index in [-0.39, 0.29) is 13.4 Å². The summed E-state index contributed by atoms with van der Waals surface area (Å²) in [5.41, 5.74) is 21.7. The van der Waals surface area contributed by atoms with Crippen molar-refractivity contribution in [2.45, 2.75) is 41.5 Å². The zero-order valence-corrected chi connectivity index (χ0v) is 25.5. The standard InChI is InChI=1S/C40H36B2/c1-25-19-27(3)39(28(4)20-25)41-35-13-9-7-11-31(35)15-17-33-24-38-34(23-37(33)41)18-16-32-12-8-10-14-36(32)42(38)40-29(5)21-26(2)22-30(40)6/h7-24H,1-6H3. The van der Waals surface area contributed by atoms with Gasteiger partial charge in [-0.1, -0.05) is 175 Å². The van der Waals surface area contributed by atoms with Crippen molar-refractivity contribution in [1.82, 2.24) is 0 Å². The molecule has 2 heterocycles. The van der Waals surface area contributed by atoms with Gasteiger partial charge in [-0.05, 0) is 63.8 Å². The SMILES string of the molecule is Cc1cc(C)c(B2c3ccccc3C=Cc3cc4c(cc32)C=Cc2ccccc2B4c2c(C)cc(C)cc2C)c(C)c1. The van der Waals surface area contributed by atoms with E-state index < -0.39 is 0 Å². The Morgan fingerprint density at radius 2 is 0.690 bits per heavy atom. The van der Waals surface area contributed by atoms with E-state index in [1.54, 1.807) is 0 Å². The quantitative estimate of drug-likeness (QED) is 0.254. The third-order valence-corrected chi connectivity index (χ3v) is 9.46. The van der Waals surface area contributed by atoms with Gasteiger partial charge < -0.3 is 0 Å². The molecule has 0 aromatic heterocycles. The summed E-state index contributed by atoms with van der Waals surface area (Å²) in [7, 11) is 0. The van der Waals surface area contributed by atoms with E-state index in [0.717, 1.165) is 0 Å². The fourth-order valence-electron chi connectivity index (χ4n) is 7.92. The Kier molecular flexibility index (Phi) is 6.47. The average molecular weight is 538 g/mol. The molecule has 0 saturated heterocycles. The van der Waals surface area contributed by atoms with Gasteiger partial charge in [0.25, 0.3) is 0 Å². The second-order valence-corrected chi connectivity index (χ2v) is 12.5. The van der Waals surface area contributed by atoms with Gasteiger partial charge in [0.1, 0.15) is 0 Å². The monoisotopic (exact) mass is 538 g/mol. The highest BCUT2D eigenvalue weighted by Gasteiger charge is 2.34. The number of fused-ring (bicyclic) bond motifs is 4. The Labute approximate surface area is 252 Å². The summed E-state index contributed by atoms with van der Waals surface area (Å²) in [6, 6.07) is 32.3. The maximum absolute atomic E-state index is 2.51. The molecule has 5 aromatic rings. The van der Waals surface area contributed by atoms with E-state index in [1.165, 1.54) is 88.4 Å².